The molecule has 3 nitrogen and oxygen atoms in total. The molecule has 1 rings (SSSR count). The molecule has 0 saturated heterocycles. The van der Waals surface area contributed by atoms with E-state index in [9.17, 15) is 13.6 Å². The minimum atomic E-state index is -2.88. The largest absolute Gasteiger partial charge is 0.462 e. The van der Waals surface area contributed by atoms with E-state index in [1.165, 1.54) is 12.1 Å². The Morgan fingerprint density at radius 2 is 2.11 bits per heavy atom. The van der Waals surface area contributed by atoms with Crippen LogP contribution in [0, 0.1) is 11.3 Å². The predicted molar refractivity (Wildman–Crippen MR) is 61.4 cm³/mol. The van der Waals surface area contributed by atoms with Crippen molar-refractivity contribution < 1.29 is 18.3 Å². The van der Waals surface area contributed by atoms with E-state index in [4.69, 9.17) is 10.00 Å². The highest BCUT2D eigenvalue weighted by molar-refractivity contribution is 5.93. The molecule has 0 aromatic heterocycles. The topological polar surface area (TPSA) is 50.1 Å². The Morgan fingerprint density at radius 1 is 1.44 bits per heavy atom. The van der Waals surface area contributed by atoms with Crippen molar-refractivity contribution in [3.05, 3.63) is 34.4 Å². The summed E-state index contributed by atoms with van der Waals surface area (Å²) >= 11 is 0. The molecule has 0 saturated carbocycles. The standard InChI is InChI=1S/C13H13F2NO2/c1-3-8-5-6-9(7-16)10(12(14)15)11(8)13(17)18-4-2/h5-6,12H,3-4H2,1-2H3. The van der Waals surface area contributed by atoms with E-state index in [2.05, 4.69) is 0 Å². The van der Waals surface area contributed by atoms with Gasteiger partial charge < -0.3 is 4.74 Å². The van der Waals surface area contributed by atoms with Crippen molar-refractivity contribution >= 4 is 5.97 Å². The van der Waals surface area contributed by atoms with Crippen molar-refractivity contribution in [3.8, 4) is 6.07 Å². The molecule has 1 aromatic carbocycles. The normalized spacial score (nSPS) is 10.2. The first kappa shape index (κ1) is 14.1. The smallest absolute Gasteiger partial charge is 0.338 e. The number of halogens is 2. The first-order valence-corrected chi connectivity index (χ1v) is 5.57. The zero-order valence-corrected chi connectivity index (χ0v) is 10.2. The highest BCUT2D eigenvalue weighted by atomic mass is 19.3. The van der Waals surface area contributed by atoms with Gasteiger partial charge in [0.2, 0.25) is 0 Å². The van der Waals surface area contributed by atoms with Gasteiger partial charge in [0.15, 0.2) is 0 Å². The maximum absolute atomic E-state index is 13.0. The highest BCUT2D eigenvalue weighted by Gasteiger charge is 2.25. The number of alkyl halides is 2. The molecule has 0 amide bonds. The zero-order valence-electron chi connectivity index (χ0n) is 10.2. The molecule has 96 valence electrons. The minimum absolute atomic E-state index is 0.0987. The minimum Gasteiger partial charge on any atom is -0.462 e. The van der Waals surface area contributed by atoms with Gasteiger partial charge in [-0.25, -0.2) is 13.6 Å². The summed E-state index contributed by atoms with van der Waals surface area (Å²) in [6.45, 7) is 3.44. The van der Waals surface area contributed by atoms with Crippen molar-refractivity contribution in [2.45, 2.75) is 26.7 Å². The summed E-state index contributed by atoms with van der Waals surface area (Å²) in [5.41, 5.74) is -0.434. The van der Waals surface area contributed by atoms with Gasteiger partial charge in [0.05, 0.1) is 29.4 Å². The molecular weight excluding hydrogens is 240 g/mol. The number of nitrogens with zero attached hydrogens (tertiary/aromatic N) is 1. The molecule has 0 atom stereocenters. The van der Waals surface area contributed by atoms with Crippen LogP contribution in [0.5, 0.6) is 0 Å². The lowest BCUT2D eigenvalue weighted by Gasteiger charge is -2.13. The lowest BCUT2D eigenvalue weighted by atomic mass is 9.95. The van der Waals surface area contributed by atoms with E-state index >= 15 is 0 Å². The summed E-state index contributed by atoms with van der Waals surface area (Å²) in [6, 6.07) is 4.50. The molecule has 0 heterocycles. The number of hydrogen-bond donors (Lipinski definition) is 0. The number of nitriles is 1. The summed E-state index contributed by atoms with van der Waals surface area (Å²) in [5, 5.41) is 8.83. The average molecular weight is 253 g/mol. The third kappa shape index (κ3) is 2.65. The summed E-state index contributed by atoms with van der Waals surface area (Å²) in [7, 11) is 0. The highest BCUT2D eigenvalue weighted by Crippen LogP contribution is 2.30. The second-order valence-electron chi connectivity index (χ2n) is 3.55. The molecule has 5 heteroatoms. The predicted octanol–water partition coefficient (Wildman–Crippen LogP) is 3.23. The maximum atomic E-state index is 13.0. The Hall–Kier alpha value is -1.96. The van der Waals surface area contributed by atoms with Crippen molar-refractivity contribution in [1.82, 2.24) is 0 Å². The Bertz CT molecular complexity index is 492. The van der Waals surface area contributed by atoms with E-state index in [0.29, 0.717) is 12.0 Å². The van der Waals surface area contributed by atoms with Crippen LogP contribution in [0.4, 0.5) is 8.78 Å². The average Bonchev–Trinajstić information content (AvgIpc) is 2.36. The molecule has 1 aromatic rings. The molecule has 0 fully saturated rings. The number of benzene rings is 1. The number of aryl methyl sites for hydroxylation is 1. The quantitative estimate of drug-likeness (QED) is 0.774. The molecule has 0 N–H and O–H groups in total. The Kier molecular flexibility index (Phi) is 4.78. The molecule has 0 aliphatic rings. The second kappa shape index (κ2) is 6.10. The van der Waals surface area contributed by atoms with Crippen molar-refractivity contribution in [2.24, 2.45) is 0 Å². The first-order valence-electron chi connectivity index (χ1n) is 5.57. The third-order valence-corrected chi connectivity index (χ3v) is 2.53. The van der Waals surface area contributed by atoms with Crippen LogP contribution < -0.4 is 0 Å². The summed E-state index contributed by atoms with van der Waals surface area (Å²) in [6.07, 6.45) is -2.47. The molecular formula is C13H13F2NO2. The van der Waals surface area contributed by atoms with Crippen LogP contribution in [0.2, 0.25) is 0 Å². The Morgan fingerprint density at radius 3 is 2.56 bits per heavy atom. The van der Waals surface area contributed by atoms with E-state index in [1.807, 2.05) is 0 Å². The maximum Gasteiger partial charge on any atom is 0.338 e. The van der Waals surface area contributed by atoms with Crippen LogP contribution in [0.15, 0.2) is 12.1 Å². The van der Waals surface area contributed by atoms with Gasteiger partial charge >= 0.3 is 5.97 Å². The summed E-state index contributed by atoms with van der Waals surface area (Å²) < 4.78 is 30.8. The summed E-state index contributed by atoms with van der Waals surface area (Å²) in [5.74, 6) is -0.804. The van der Waals surface area contributed by atoms with Gasteiger partial charge in [-0.3, -0.25) is 0 Å². The van der Waals surface area contributed by atoms with Gasteiger partial charge in [-0.15, -0.1) is 0 Å². The van der Waals surface area contributed by atoms with Crippen molar-refractivity contribution in [1.29, 1.82) is 5.26 Å². The van der Waals surface area contributed by atoms with Gasteiger partial charge in [0, 0.05) is 0 Å². The monoisotopic (exact) mass is 253 g/mol. The fourth-order valence-electron chi connectivity index (χ4n) is 1.73. The van der Waals surface area contributed by atoms with Crippen molar-refractivity contribution in [2.75, 3.05) is 6.61 Å². The Balaban J connectivity index is 3.51. The second-order valence-corrected chi connectivity index (χ2v) is 3.55. The number of rotatable bonds is 4. The third-order valence-electron chi connectivity index (χ3n) is 2.53. The number of carbonyl (C=O) groups is 1. The van der Waals surface area contributed by atoms with E-state index in [0.717, 1.165) is 0 Å². The number of carbonyl (C=O) groups excluding carboxylic acids is 1. The van der Waals surface area contributed by atoms with Gasteiger partial charge in [-0.2, -0.15) is 5.26 Å². The molecule has 0 aliphatic carbocycles. The van der Waals surface area contributed by atoms with Crippen LogP contribution in [0.3, 0.4) is 0 Å². The molecule has 0 spiro atoms. The fourth-order valence-corrected chi connectivity index (χ4v) is 1.73. The van der Waals surface area contributed by atoms with Crippen LogP contribution in [0.25, 0.3) is 0 Å². The fraction of sp³-hybridized carbons (Fsp3) is 0.385. The Labute approximate surface area is 104 Å². The van der Waals surface area contributed by atoms with Crippen molar-refractivity contribution in [3.63, 3.8) is 0 Å². The molecule has 0 bridgehead atoms. The SMILES string of the molecule is CCOC(=O)c1c(CC)ccc(C#N)c1C(F)F. The first-order chi connectivity index (χ1) is 8.56. The van der Waals surface area contributed by atoms with Gasteiger partial charge in [-0.1, -0.05) is 13.0 Å². The van der Waals surface area contributed by atoms with Gasteiger partial charge in [0.25, 0.3) is 6.43 Å². The molecule has 0 aliphatic heterocycles. The number of ether oxygens (including phenoxy) is 1. The van der Waals surface area contributed by atoms with Crippen LogP contribution in [-0.2, 0) is 11.2 Å². The van der Waals surface area contributed by atoms with Crippen LogP contribution >= 0.6 is 0 Å². The number of esters is 1. The van der Waals surface area contributed by atoms with Gasteiger partial charge in [0.1, 0.15) is 0 Å². The summed E-state index contributed by atoms with van der Waals surface area (Å²) in [4.78, 5) is 11.8. The van der Waals surface area contributed by atoms with E-state index < -0.39 is 18.0 Å². The zero-order chi connectivity index (χ0) is 13.7. The van der Waals surface area contributed by atoms with E-state index in [1.54, 1.807) is 19.9 Å². The van der Waals surface area contributed by atoms with Crippen LogP contribution in [0.1, 0.15) is 47.3 Å². The molecule has 0 radical (unpaired) electrons. The van der Waals surface area contributed by atoms with E-state index in [-0.39, 0.29) is 17.7 Å². The lowest BCUT2D eigenvalue weighted by molar-refractivity contribution is 0.0514. The van der Waals surface area contributed by atoms with Crippen LogP contribution in [-0.4, -0.2) is 12.6 Å². The number of hydrogen-bond acceptors (Lipinski definition) is 3. The van der Waals surface area contributed by atoms with Gasteiger partial charge in [-0.05, 0) is 25.0 Å². The molecule has 0 unspecified atom stereocenters. The lowest BCUT2D eigenvalue weighted by Crippen LogP contribution is -2.13. The molecule has 18 heavy (non-hydrogen) atoms.